The number of piperazine rings is 1. The van der Waals surface area contributed by atoms with E-state index >= 15 is 0 Å². The third-order valence-corrected chi connectivity index (χ3v) is 4.07. The second kappa shape index (κ2) is 8.16. The monoisotopic (exact) mass is 348 g/mol. The zero-order chi connectivity index (χ0) is 17.7. The molecule has 0 bridgehead atoms. The van der Waals surface area contributed by atoms with Gasteiger partial charge < -0.3 is 10.1 Å². The van der Waals surface area contributed by atoms with Gasteiger partial charge in [-0.2, -0.15) is 17.6 Å². The van der Waals surface area contributed by atoms with E-state index in [4.69, 9.17) is 0 Å². The highest BCUT2D eigenvalue weighted by atomic mass is 19.3. The van der Waals surface area contributed by atoms with E-state index < -0.39 is 12.5 Å². The zero-order valence-corrected chi connectivity index (χ0v) is 13.9. The average molecular weight is 348 g/mol. The highest BCUT2D eigenvalue weighted by molar-refractivity contribution is 5.36. The van der Waals surface area contributed by atoms with Crippen molar-refractivity contribution in [3.63, 3.8) is 0 Å². The van der Waals surface area contributed by atoms with Crippen LogP contribution < -0.4 is 10.1 Å². The lowest BCUT2D eigenvalue weighted by Crippen LogP contribution is -2.45. The lowest BCUT2D eigenvalue weighted by molar-refractivity contribution is -0.253. The van der Waals surface area contributed by atoms with Gasteiger partial charge in [-0.25, -0.2) is 0 Å². The molecule has 1 aromatic rings. The first-order valence-corrected chi connectivity index (χ1v) is 8.20. The van der Waals surface area contributed by atoms with Crippen LogP contribution in [0, 0.1) is 5.92 Å². The summed E-state index contributed by atoms with van der Waals surface area (Å²) in [6, 6.07) is 6.12. The number of benzene rings is 1. The Kier molecular flexibility index (Phi) is 6.46. The van der Waals surface area contributed by atoms with Crippen molar-refractivity contribution in [3.8, 4) is 5.75 Å². The standard InChI is InChI=1S/C17H24F4N2O/c1-12(2)11-14(23-9-7-22-8-10-23)13-5-3-4-6-15(13)24-17(20,21)16(18)19/h3-6,12,14,16,22H,7-11H2,1-2H3/t14-/m1/s1. The van der Waals surface area contributed by atoms with Crippen LogP contribution in [0.25, 0.3) is 0 Å². The maximum Gasteiger partial charge on any atom is 0.461 e. The number of para-hydroxylation sites is 1. The molecule has 0 radical (unpaired) electrons. The molecular weight excluding hydrogens is 324 g/mol. The SMILES string of the molecule is CC(C)C[C@H](c1ccccc1OC(F)(F)C(F)F)N1CCNCC1. The Bertz CT molecular complexity index is 519. The number of alkyl halides is 4. The van der Waals surface area contributed by atoms with Crippen molar-refractivity contribution in [2.45, 2.75) is 38.8 Å². The molecule has 1 N–H and O–H groups in total. The summed E-state index contributed by atoms with van der Waals surface area (Å²) in [6.07, 6.45) is -7.63. The van der Waals surface area contributed by atoms with Gasteiger partial charge in [0.2, 0.25) is 0 Å². The van der Waals surface area contributed by atoms with E-state index in [2.05, 4.69) is 15.0 Å². The number of hydrogen-bond donors (Lipinski definition) is 1. The molecule has 0 spiro atoms. The van der Waals surface area contributed by atoms with Crippen molar-refractivity contribution in [1.29, 1.82) is 0 Å². The number of halogens is 4. The number of rotatable bonds is 7. The molecule has 1 heterocycles. The summed E-state index contributed by atoms with van der Waals surface area (Å²) in [5, 5.41) is 3.25. The summed E-state index contributed by atoms with van der Waals surface area (Å²) in [5.41, 5.74) is 0.536. The van der Waals surface area contributed by atoms with Crippen LogP contribution >= 0.6 is 0 Å². The van der Waals surface area contributed by atoms with Crippen molar-refractivity contribution in [3.05, 3.63) is 29.8 Å². The first kappa shape index (κ1) is 19.0. The Morgan fingerprint density at radius 1 is 1.17 bits per heavy atom. The van der Waals surface area contributed by atoms with Gasteiger partial charge in [0.05, 0.1) is 0 Å². The second-order valence-corrected chi connectivity index (χ2v) is 6.43. The number of hydrogen-bond acceptors (Lipinski definition) is 3. The van der Waals surface area contributed by atoms with Crippen LogP contribution in [0.15, 0.2) is 24.3 Å². The number of nitrogens with zero attached hydrogens (tertiary/aromatic N) is 1. The third-order valence-electron chi connectivity index (χ3n) is 4.07. The van der Waals surface area contributed by atoms with Crippen molar-refractivity contribution < 1.29 is 22.3 Å². The smallest absolute Gasteiger partial charge is 0.428 e. The predicted molar refractivity (Wildman–Crippen MR) is 84.7 cm³/mol. The molecule has 0 unspecified atom stereocenters. The van der Waals surface area contributed by atoms with Crippen LogP contribution in [-0.4, -0.2) is 43.6 Å². The molecule has 0 amide bonds. The Labute approximate surface area is 140 Å². The molecule has 0 aliphatic carbocycles. The highest BCUT2D eigenvalue weighted by Gasteiger charge is 2.44. The largest absolute Gasteiger partial charge is 0.461 e. The van der Waals surface area contributed by atoms with Gasteiger partial charge >= 0.3 is 12.5 Å². The van der Waals surface area contributed by atoms with Crippen LogP contribution in [-0.2, 0) is 0 Å². The van der Waals surface area contributed by atoms with Gasteiger partial charge in [-0.15, -0.1) is 0 Å². The van der Waals surface area contributed by atoms with Crippen LogP contribution in [0.3, 0.4) is 0 Å². The Hall–Kier alpha value is -1.34. The Morgan fingerprint density at radius 3 is 2.38 bits per heavy atom. The molecule has 0 aromatic heterocycles. The second-order valence-electron chi connectivity index (χ2n) is 6.43. The molecule has 1 aromatic carbocycles. The lowest BCUT2D eigenvalue weighted by Gasteiger charge is -2.37. The molecule has 7 heteroatoms. The van der Waals surface area contributed by atoms with E-state index in [1.54, 1.807) is 12.1 Å². The topological polar surface area (TPSA) is 24.5 Å². The van der Waals surface area contributed by atoms with Gasteiger partial charge in [-0.05, 0) is 18.4 Å². The lowest BCUT2D eigenvalue weighted by atomic mass is 9.94. The fourth-order valence-corrected chi connectivity index (χ4v) is 2.95. The predicted octanol–water partition coefficient (Wildman–Crippen LogP) is 3.92. The summed E-state index contributed by atoms with van der Waals surface area (Å²) < 4.78 is 56.2. The summed E-state index contributed by atoms with van der Waals surface area (Å²) >= 11 is 0. The number of nitrogens with one attached hydrogen (secondary N) is 1. The van der Waals surface area contributed by atoms with Crippen molar-refractivity contribution in [2.75, 3.05) is 26.2 Å². The Morgan fingerprint density at radius 2 is 1.79 bits per heavy atom. The maximum absolute atomic E-state index is 13.4. The molecule has 136 valence electrons. The van der Waals surface area contributed by atoms with Gasteiger partial charge in [0, 0.05) is 37.8 Å². The maximum atomic E-state index is 13.4. The van der Waals surface area contributed by atoms with Crippen LogP contribution in [0.4, 0.5) is 17.6 Å². The summed E-state index contributed by atoms with van der Waals surface area (Å²) in [4.78, 5) is 2.19. The molecule has 0 saturated carbocycles. The molecule has 3 nitrogen and oxygen atoms in total. The summed E-state index contributed by atoms with van der Waals surface area (Å²) in [5.74, 6) is 0.153. The van der Waals surface area contributed by atoms with Gasteiger partial charge in [-0.3, -0.25) is 4.90 Å². The van der Waals surface area contributed by atoms with E-state index in [9.17, 15) is 17.6 Å². The van der Waals surface area contributed by atoms with Crippen molar-refractivity contribution in [2.24, 2.45) is 5.92 Å². The van der Waals surface area contributed by atoms with Crippen LogP contribution in [0.5, 0.6) is 5.75 Å². The van der Waals surface area contributed by atoms with E-state index in [1.807, 2.05) is 13.8 Å². The summed E-state index contributed by atoms with van der Waals surface area (Å²) in [6.45, 7) is 7.27. The minimum atomic E-state index is -4.50. The minimum Gasteiger partial charge on any atom is -0.428 e. The fourth-order valence-electron chi connectivity index (χ4n) is 2.95. The quantitative estimate of drug-likeness (QED) is 0.756. The molecule has 1 saturated heterocycles. The van der Waals surface area contributed by atoms with Gasteiger partial charge in [-0.1, -0.05) is 32.0 Å². The number of ether oxygens (including phenoxy) is 1. The minimum absolute atomic E-state index is 0.142. The Balaban J connectivity index is 2.31. The van der Waals surface area contributed by atoms with E-state index in [0.717, 1.165) is 32.6 Å². The molecule has 24 heavy (non-hydrogen) atoms. The normalized spacial score (nSPS) is 18.2. The zero-order valence-electron chi connectivity index (χ0n) is 13.9. The van der Waals surface area contributed by atoms with Gasteiger partial charge in [0.25, 0.3) is 0 Å². The first-order valence-electron chi connectivity index (χ1n) is 8.20. The van der Waals surface area contributed by atoms with Crippen LogP contribution in [0.2, 0.25) is 0 Å². The van der Waals surface area contributed by atoms with E-state index in [-0.39, 0.29) is 11.8 Å². The van der Waals surface area contributed by atoms with Crippen molar-refractivity contribution >= 4 is 0 Å². The third kappa shape index (κ3) is 4.83. The first-order chi connectivity index (χ1) is 11.3. The highest BCUT2D eigenvalue weighted by Crippen LogP contribution is 2.37. The van der Waals surface area contributed by atoms with Crippen LogP contribution in [0.1, 0.15) is 31.9 Å². The molecule has 1 aliphatic heterocycles. The molecule has 1 fully saturated rings. The molecular formula is C17H24F4N2O. The van der Waals surface area contributed by atoms with E-state index in [0.29, 0.717) is 11.5 Å². The molecule has 1 aliphatic rings. The van der Waals surface area contributed by atoms with Gasteiger partial charge in [0.1, 0.15) is 5.75 Å². The van der Waals surface area contributed by atoms with E-state index in [1.165, 1.54) is 12.1 Å². The summed E-state index contributed by atoms with van der Waals surface area (Å²) in [7, 11) is 0. The fraction of sp³-hybridized carbons (Fsp3) is 0.647. The van der Waals surface area contributed by atoms with Crippen molar-refractivity contribution in [1.82, 2.24) is 10.2 Å². The van der Waals surface area contributed by atoms with Gasteiger partial charge in [0.15, 0.2) is 0 Å². The molecule has 2 rings (SSSR count). The molecule has 1 atom stereocenters. The average Bonchev–Trinajstić information content (AvgIpc) is 2.53.